The Bertz CT molecular complexity index is 110. The molecule has 1 rings (SSSR count). The lowest BCUT2D eigenvalue weighted by Crippen LogP contribution is -2.30. The molecule has 1 saturated heterocycles. The van der Waals surface area contributed by atoms with Crippen LogP contribution in [0.15, 0.2) is 0 Å². The molecule has 0 aliphatic carbocycles. The maximum absolute atomic E-state index is 5.53. The first-order valence-corrected chi connectivity index (χ1v) is 3.79. The fraction of sp³-hybridized carbons (Fsp3) is 1.00. The van der Waals surface area contributed by atoms with E-state index in [2.05, 4.69) is 13.8 Å². The molecule has 0 spiro atoms. The van der Waals surface area contributed by atoms with Gasteiger partial charge in [0.1, 0.15) is 0 Å². The second-order valence-electron chi connectivity index (χ2n) is 3.39. The van der Waals surface area contributed by atoms with E-state index in [1.165, 1.54) is 0 Å². The summed E-state index contributed by atoms with van der Waals surface area (Å²) < 4.78 is 10.6. The zero-order valence-corrected chi connectivity index (χ0v) is 7.02. The zero-order valence-electron chi connectivity index (χ0n) is 7.02. The van der Waals surface area contributed by atoms with Crippen LogP contribution >= 0.6 is 0 Å². The second-order valence-corrected chi connectivity index (χ2v) is 3.39. The first-order valence-electron chi connectivity index (χ1n) is 3.79. The van der Waals surface area contributed by atoms with Crippen molar-refractivity contribution in [3.8, 4) is 0 Å². The Hall–Kier alpha value is -0.0800. The number of rotatable bonds is 2. The molecule has 60 valence electrons. The summed E-state index contributed by atoms with van der Waals surface area (Å²) in [5.41, 5.74) is 0.0377. The minimum Gasteiger partial charge on any atom is -0.384 e. The van der Waals surface area contributed by atoms with Crippen LogP contribution in [0.4, 0.5) is 0 Å². The van der Waals surface area contributed by atoms with Gasteiger partial charge in [-0.3, -0.25) is 0 Å². The third kappa shape index (κ3) is 1.50. The molecule has 1 aliphatic rings. The van der Waals surface area contributed by atoms with E-state index < -0.39 is 0 Å². The monoisotopic (exact) mass is 144 g/mol. The van der Waals surface area contributed by atoms with Gasteiger partial charge in [-0.2, -0.15) is 0 Å². The van der Waals surface area contributed by atoms with Crippen LogP contribution in [0.5, 0.6) is 0 Å². The molecule has 1 aliphatic heterocycles. The van der Waals surface area contributed by atoms with Gasteiger partial charge >= 0.3 is 0 Å². The van der Waals surface area contributed by atoms with Gasteiger partial charge in [0.25, 0.3) is 0 Å². The molecule has 2 nitrogen and oxygen atoms in total. The van der Waals surface area contributed by atoms with E-state index in [0.717, 1.165) is 19.6 Å². The Balaban J connectivity index is 2.43. The van der Waals surface area contributed by atoms with E-state index in [9.17, 15) is 0 Å². The maximum Gasteiger partial charge on any atom is 0.0677 e. The quantitative estimate of drug-likeness (QED) is 0.584. The molecule has 2 heteroatoms. The summed E-state index contributed by atoms with van der Waals surface area (Å²) in [6.07, 6.45) is 1.14. The van der Waals surface area contributed by atoms with Crippen LogP contribution in [0.1, 0.15) is 20.3 Å². The molecule has 10 heavy (non-hydrogen) atoms. The van der Waals surface area contributed by atoms with E-state index >= 15 is 0 Å². The van der Waals surface area contributed by atoms with E-state index in [0.29, 0.717) is 5.92 Å². The molecule has 0 saturated carbocycles. The lowest BCUT2D eigenvalue weighted by atomic mass is 9.92. The van der Waals surface area contributed by atoms with Crippen molar-refractivity contribution in [2.45, 2.75) is 25.9 Å². The smallest absolute Gasteiger partial charge is 0.0677 e. The SMILES string of the molecule is COCC1CCOC1(C)C. The molecule has 0 radical (unpaired) electrons. The first-order chi connectivity index (χ1) is 4.67. The average molecular weight is 144 g/mol. The van der Waals surface area contributed by atoms with E-state index in [1.807, 2.05) is 0 Å². The normalized spacial score (nSPS) is 30.9. The summed E-state index contributed by atoms with van der Waals surface area (Å²) in [5.74, 6) is 0.581. The minimum atomic E-state index is 0.0377. The van der Waals surface area contributed by atoms with Crippen LogP contribution in [-0.2, 0) is 9.47 Å². The lowest BCUT2D eigenvalue weighted by Gasteiger charge is -2.24. The molecule has 1 atom stereocenters. The highest BCUT2D eigenvalue weighted by Gasteiger charge is 2.35. The minimum absolute atomic E-state index is 0.0377. The average Bonchev–Trinajstić information content (AvgIpc) is 2.13. The number of ether oxygens (including phenoxy) is 2. The Morgan fingerprint density at radius 2 is 2.30 bits per heavy atom. The summed E-state index contributed by atoms with van der Waals surface area (Å²) in [4.78, 5) is 0. The molecule has 0 bridgehead atoms. The summed E-state index contributed by atoms with van der Waals surface area (Å²) >= 11 is 0. The Labute approximate surface area is 62.5 Å². The van der Waals surface area contributed by atoms with E-state index in [-0.39, 0.29) is 5.60 Å². The van der Waals surface area contributed by atoms with Crippen molar-refractivity contribution in [3.63, 3.8) is 0 Å². The van der Waals surface area contributed by atoms with Crippen molar-refractivity contribution >= 4 is 0 Å². The van der Waals surface area contributed by atoms with Gasteiger partial charge in [-0.15, -0.1) is 0 Å². The van der Waals surface area contributed by atoms with Gasteiger partial charge < -0.3 is 9.47 Å². The van der Waals surface area contributed by atoms with E-state index in [1.54, 1.807) is 7.11 Å². The van der Waals surface area contributed by atoms with Crippen LogP contribution < -0.4 is 0 Å². The predicted octanol–water partition coefficient (Wildman–Crippen LogP) is 1.45. The zero-order chi connectivity index (χ0) is 7.61. The number of hydrogen-bond acceptors (Lipinski definition) is 2. The Morgan fingerprint density at radius 1 is 1.60 bits per heavy atom. The van der Waals surface area contributed by atoms with Gasteiger partial charge in [0.05, 0.1) is 12.2 Å². The fourth-order valence-corrected chi connectivity index (χ4v) is 1.41. The summed E-state index contributed by atoms with van der Waals surface area (Å²) in [7, 11) is 1.74. The molecule has 0 aromatic rings. The molecule has 1 fully saturated rings. The molecule has 0 aromatic heterocycles. The van der Waals surface area contributed by atoms with Crippen LogP contribution in [0.25, 0.3) is 0 Å². The van der Waals surface area contributed by atoms with Crippen molar-refractivity contribution in [1.82, 2.24) is 0 Å². The van der Waals surface area contributed by atoms with Gasteiger partial charge in [-0.25, -0.2) is 0 Å². The van der Waals surface area contributed by atoms with E-state index in [4.69, 9.17) is 9.47 Å². The van der Waals surface area contributed by atoms with Gasteiger partial charge in [0.2, 0.25) is 0 Å². The largest absolute Gasteiger partial charge is 0.384 e. The van der Waals surface area contributed by atoms with Crippen LogP contribution in [0.2, 0.25) is 0 Å². The predicted molar refractivity (Wildman–Crippen MR) is 40.0 cm³/mol. The molecule has 1 heterocycles. The second kappa shape index (κ2) is 2.89. The van der Waals surface area contributed by atoms with Crippen LogP contribution in [0, 0.1) is 5.92 Å². The molecule has 0 aromatic carbocycles. The highest BCUT2D eigenvalue weighted by Crippen LogP contribution is 2.30. The van der Waals surface area contributed by atoms with Gasteiger partial charge in [0, 0.05) is 19.6 Å². The van der Waals surface area contributed by atoms with Crippen molar-refractivity contribution < 1.29 is 9.47 Å². The standard InChI is InChI=1S/C8H16O2/c1-8(2)7(6-9-3)4-5-10-8/h7H,4-6H2,1-3H3. The summed E-state index contributed by atoms with van der Waals surface area (Å²) in [6.45, 7) is 5.97. The first kappa shape index (κ1) is 8.02. The van der Waals surface area contributed by atoms with Crippen molar-refractivity contribution in [2.24, 2.45) is 5.92 Å². The molecule has 0 N–H and O–H groups in total. The summed E-state index contributed by atoms with van der Waals surface area (Å²) in [6, 6.07) is 0. The Kier molecular flexibility index (Phi) is 2.32. The fourth-order valence-electron chi connectivity index (χ4n) is 1.41. The molecule has 0 amide bonds. The Morgan fingerprint density at radius 3 is 2.70 bits per heavy atom. The molecular formula is C8H16O2. The van der Waals surface area contributed by atoms with Crippen LogP contribution in [-0.4, -0.2) is 25.9 Å². The molecular weight excluding hydrogens is 128 g/mol. The molecule has 1 unspecified atom stereocenters. The summed E-state index contributed by atoms with van der Waals surface area (Å²) in [5, 5.41) is 0. The third-order valence-corrected chi connectivity index (χ3v) is 2.29. The highest BCUT2D eigenvalue weighted by molar-refractivity contribution is 4.84. The number of hydrogen-bond donors (Lipinski definition) is 0. The van der Waals surface area contributed by atoms with Crippen molar-refractivity contribution in [2.75, 3.05) is 20.3 Å². The van der Waals surface area contributed by atoms with Crippen molar-refractivity contribution in [3.05, 3.63) is 0 Å². The highest BCUT2D eigenvalue weighted by atomic mass is 16.5. The van der Waals surface area contributed by atoms with Gasteiger partial charge in [-0.1, -0.05) is 0 Å². The number of methoxy groups -OCH3 is 1. The lowest BCUT2D eigenvalue weighted by molar-refractivity contribution is -0.00946. The van der Waals surface area contributed by atoms with Crippen molar-refractivity contribution in [1.29, 1.82) is 0 Å². The van der Waals surface area contributed by atoms with Gasteiger partial charge in [-0.05, 0) is 20.3 Å². The third-order valence-electron chi connectivity index (χ3n) is 2.29. The maximum atomic E-state index is 5.53. The topological polar surface area (TPSA) is 18.5 Å². The van der Waals surface area contributed by atoms with Crippen LogP contribution in [0.3, 0.4) is 0 Å². The van der Waals surface area contributed by atoms with Gasteiger partial charge in [0.15, 0.2) is 0 Å².